The summed E-state index contributed by atoms with van der Waals surface area (Å²) in [7, 11) is 1.89. The molecule has 1 fully saturated rings. The highest BCUT2D eigenvalue weighted by atomic mass is 32.2. The average Bonchev–Trinajstić information content (AvgIpc) is 3.18. The van der Waals surface area contributed by atoms with Gasteiger partial charge in [0.2, 0.25) is 5.91 Å². The fourth-order valence-corrected chi connectivity index (χ4v) is 3.21. The summed E-state index contributed by atoms with van der Waals surface area (Å²) in [4.78, 5) is 14.1. The van der Waals surface area contributed by atoms with E-state index in [1.807, 2.05) is 30.7 Å². The van der Waals surface area contributed by atoms with Gasteiger partial charge in [0, 0.05) is 26.7 Å². The summed E-state index contributed by atoms with van der Waals surface area (Å²) in [5.74, 6) is 0.802. The van der Waals surface area contributed by atoms with E-state index < -0.39 is 6.10 Å². The third kappa shape index (κ3) is 4.16. The van der Waals surface area contributed by atoms with E-state index in [-0.39, 0.29) is 5.91 Å². The first-order valence-electron chi connectivity index (χ1n) is 7.88. The lowest BCUT2D eigenvalue weighted by atomic mass is 10.2. The minimum Gasteiger partial charge on any atom is -0.453 e. The summed E-state index contributed by atoms with van der Waals surface area (Å²) in [6.07, 6.45) is 1.24. The van der Waals surface area contributed by atoms with Crippen molar-refractivity contribution in [2.24, 2.45) is 7.05 Å². The van der Waals surface area contributed by atoms with Crippen LogP contribution >= 0.6 is 11.8 Å². The molecule has 1 aliphatic rings. The van der Waals surface area contributed by atoms with Gasteiger partial charge in [-0.1, -0.05) is 0 Å². The van der Waals surface area contributed by atoms with Gasteiger partial charge in [-0.05, 0) is 30.8 Å². The maximum atomic E-state index is 11.9. The highest BCUT2D eigenvalue weighted by Gasteiger charge is 2.26. The quantitative estimate of drug-likeness (QED) is 0.827. The van der Waals surface area contributed by atoms with Crippen LogP contribution in [0, 0.1) is 0 Å². The highest BCUT2D eigenvalue weighted by Crippen LogP contribution is 2.27. The number of likely N-dealkylation sites (N-methyl/N-ethyl adjacent to an activating group) is 1. The summed E-state index contributed by atoms with van der Waals surface area (Å²) >= 11 is 1.43. The monoisotopic (exact) mass is 351 g/mol. The van der Waals surface area contributed by atoms with Crippen molar-refractivity contribution >= 4 is 17.7 Å². The zero-order valence-corrected chi connectivity index (χ0v) is 14.6. The number of nitrogens with zero attached hydrogens (tertiary/aromatic N) is 4. The van der Waals surface area contributed by atoms with Gasteiger partial charge in [-0.15, -0.1) is 10.2 Å². The molecule has 0 spiro atoms. The largest absolute Gasteiger partial charge is 0.453 e. The van der Waals surface area contributed by atoms with Crippen LogP contribution in [0.5, 0.6) is 0 Å². The fraction of sp³-hybridized carbons (Fsp3) is 0.533. The lowest BCUT2D eigenvalue weighted by Crippen LogP contribution is -2.49. The van der Waals surface area contributed by atoms with E-state index in [9.17, 15) is 4.79 Å². The van der Waals surface area contributed by atoms with Crippen LogP contribution in [0.1, 0.15) is 12.7 Å². The molecule has 3 heterocycles. The molecule has 130 valence electrons. The first-order valence-corrected chi connectivity index (χ1v) is 8.69. The number of rotatable bonds is 6. The van der Waals surface area contributed by atoms with Gasteiger partial charge in [0.05, 0.1) is 13.2 Å². The van der Waals surface area contributed by atoms with Crippen molar-refractivity contribution < 1.29 is 13.9 Å². The smallest absolute Gasteiger partial charge is 0.250 e. The van der Waals surface area contributed by atoms with Crippen LogP contribution in [0.4, 0.5) is 0 Å². The Morgan fingerprint density at radius 2 is 2.38 bits per heavy atom. The van der Waals surface area contributed by atoms with Crippen molar-refractivity contribution in [2.75, 3.05) is 26.2 Å². The molecule has 1 N–H and O–H groups in total. The molecular formula is C15H21N5O3S. The second-order valence-corrected chi connectivity index (χ2v) is 6.51. The molecule has 9 heteroatoms. The molecule has 2 aromatic heterocycles. The Kier molecular flexibility index (Phi) is 5.54. The van der Waals surface area contributed by atoms with Gasteiger partial charge in [-0.25, -0.2) is 0 Å². The van der Waals surface area contributed by atoms with Crippen LogP contribution in [-0.4, -0.2) is 57.9 Å². The number of amides is 1. The Morgan fingerprint density at radius 1 is 1.50 bits per heavy atom. The third-order valence-electron chi connectivity index (χ3n) is 3.67. The number of nitrogens with one attached hydrogen (secondary N) is 1. The Hall–Kier alpha value is -1.84. The van der Waals surface area contributed by atoms with E-state index in [2.05, 4.69) is 20.4 Å². The summed E-state index contributed by atoms with van der Waals surface area (Å²) in [6.45, 7) is 5.06. The molecule has 0 bridgehead atoms. The van der Waals surface area contributed by atoms with Crippen LogP contribution in [0.2, 0.25) is 0 Å². The van der Waals surface area contributed by atoms with Crippen molar-refractivity contribution in [3.63, 3.8) is 0 Å². The zero-order valence-electron chi connectivity index (χ0n) is 13.8. The normalized spacial score (nSPS) is 18.7. The van der Waals surface area contributed by atoms with Crippen LogP contribution in [0.15, 0.2) is 33.1 Å². The minimum absolute atomic E-state index is 0.0554. The van der Waals surface area contributed by atoms with Crippen LogP contribution in [0.3, 0.4) is 0 Å². The number of hydrogen-bond acceptors (Lipinski definition) is 7. The molecule has 2 aromatic rings. The van der Waals surface area contributed by atoms with Crippen molar-refractivity contribution in [3.05, 3.63) is 24.2 Å². The van der Waals surface area contributed by atoms with Crippen molar-refractivity contribution in [2.45, 2.75) is 29.8 Å². The molecular weight excluding hydrogens is 330 g/mol. The second-order valence-electron chi connectivity index (χ2n) is 5.54. The van der Waals surface area contributed by atoms with E-state index in [0.717, 1.165) is 22.6 Å². The number of ether oxygens (including phenoxy) is 1. The zero-order chi connectivity index (χ0) is 16.9. The van der Waals surface area contributed by atoms with Crippen molar-refractivity contribution in [1.82, 2.24) is 25.0 Å². The van der Waals surface area contributed by atoms with Gasteiger partial charge in [0.15, 0.2) is 10.2 Å². The average molecular weight is 351 g/mol. The lowest BCUT2D eigenvalue weighted by Gasteiger charge is -2.31. The number of carbonyl (C=O) groups excluding carboxylic acids is 1. The van der Waals surface area contributed by atoms with E-state index >= 15 is 0 Å². The van der Waals surface area contributed by atoms with Crippen LogP contribution in [0.25, 0.3) is 0 Å². The Labute approximate surface area is 144 Å². The van der Waals surface area contributed by atoms with E-state index in [1.165, 1.54) is 11.8 Å². The summed E-state index contributed by atoms with van der Waals surface area (Å²) in [5.41, 5.74) is 0. The molecule has 1 atom stereocenters. The van der Waals surface area contributed by atoms with E-state index in [1.54, 1.807) is 6.33 Å². The number of hydrogen-bond donors (Lipinski definition) is 1. The molecule has 3 rings (SSSR count). The Balaban J connectivity index is 1.56. The predicted octanol–water partition coefficient (Wildman–Crippen LogP) is 0.896. The van der Waals surface area contributed by atoms with Crippen molar-refractivity contribution in [1.29, 1.82) is 0 Å². The Bertz CT molecular complexity index is 686. The first-order chi connectivity index (χ1) is 11.7. The number of aromatic nitrogens is 3. The highest BCUT2D eigenvalue weighted by molar-refractivity contribution is 7.99. The third-order valence-corrected chi connectivity index (χ3v) is 4.64. The minimum atomic E-state index is -0.416. The molecule has 0 saturated carbocycles. The fourth-order valence-electron chi connectivity index (χ4n) is 2.47. The number of aryl methyl sites for hydroxylation is 1. The molecule has 24 heavy (non-hydrogen) atoms. The Morgan fingerprint density at radius 3 is 3.12 bits per heavy atom. The second kappa shape index (κ2) is 7.82. The molecule has 1 aliphatic heterocycles. The standard InChI is InChI=1S/C15H21N5O3S/c1-3-16-14(21)12-9-20(6-7-22-12)8-11-4-5-13(23-11)24-15-18-17-10-19(15)2/h4-5,10,12H,3,6-9H2,1-2H3,(H,16,21). The molecule has 0 radical (unpaired) electrons. The maximum absolute atomic E-state index is 11.9. The predicted molar refractivity (Wildman–Crippen MR) is 87.5 cm³/mol. The molecule has 1 saturated heterocycles. The summed E-state index contributed by atoms with van der Waals surface area (Å²) < 4.78 is 13.2. The topological polar surface area (TPSA) is 85.4 Å². The number of morpholine rings is 1. The summed E-state index contributed by atoms with van der Waals surface area (Å²) in [5, 5.41) is 12.2. The van der Waals surface area contributed by atoms with Crippen LogP contribution in [-0.2, 0) is 23.1 Å². The van der Waals surface area contributed by atoms with Gasteiger partial charge >= 0.3 is 0 Å². The molecule has 0 aliphatic carbocycles. The lowest BCUT2D eigenvalue weighted by molar-refractivity contribution is -0.138. The first kappa shape index (κ1) is 17.0. The molecule has 0 aromatic carbocycles. The van der Waals surface area contributed by atoms with E-state index in [4.69, 9.17) is 9.15 Å². The van der Waals surface area contributed by atoms with Gasteiger partial charge in [0.1, 0.15) is 18.2 Å². The summed E-state index contributed by atoms with van der Waals surface area (Å²) in [6, 6.07) is 3.88. The van der Waals surface area contributed by atoms with Gasteiger partial charge in [-0.3, -0.25) is 9.69 Å². The van der Waals surface area contributed by atoms with Gasteiger partial charge in [-0.2, -0.15) is 0 Å². The SMILES string of the molecule is CCNC(=O)C1CN(Cc2ccc(Sc3nncn3C)o2)CCO1. The van der Waals surface area contributed by atoms with E-state index in [0.29, 0.717) is 26.2 Å². The number of furan rings is 1. The van der Waals surface area contributed by atoms with Crippen LogP contribution < -0.4 is 5.32 Å². The maximum Gasteiger partial charge on any atom is 0.250 e. The molecule has 1 unspecified atom stereocenters. The van der Waals surface area contributed by atoms with Gasteiger partial charge < -0.3 is 19.0 Å². The number of carbonyl (C=O) groups is 1. The van der Waals surface area contributed by atoms with Gasteiger partial charge in [0.25, 0.3) is 0 Å². The van der Waals surface area contributed by atoms with Crippen molar-refractivity contribution in [3.8, 4) is 0 Å². The molecule has 8 nitrogen and oxygen atoms in total. The molecule has 1 amide bonds.